The van der Waals surface area contributed by atoms with Gasteiger partial charge in [-0.1, -0.05) is 29.4 Å². The van der Waals surface area contributed by atoms with Crippen LogP contribution in [0.4, 0.5) is 4.39 Å². The predicted octanol–water partition coefficient (Wildman–Crippen LogP) is 4.48. The van der Waals surface area contributed by atoms with Crippen molar-refractivity contribution >= 4 is 16.7 Å². The van der Waals surface area contributed by atoms with Gasteiger partial charge in [0.1, 0.15) is 6.26 Å². The molecule has 0 radical (unpaired) electrons. The van der Waals surface area contributed by atoms with Gasteiger partial charge in [0.15, 0.2) is 0 Å². The largest absolute Gasteiger partial charge is 0.364 e. The summed E-state index contributed by atoms with van der Waals surface area (Å²) in [6, 6.07) is 17.5. The van der Waals surface area contributed by atoms with Crippen molar-refractivity contribution in [1.29, 1.82) is 0 Å². The van der Waals surface area contributed by atoms with Gasteiger partial charge in [0.25, 0.3) is 11.5 Å². The smallest absolute Gasteiger partial charge is 0.258 e. The van der Waals surface area contributed by atoms with Crippen molar-refractivity contribution in [2.45, 2.75) is 20.0 Å². The van der Waals surface area contributed by atoms with Gasteiger partial charge in [-0.15, -0.1) is 0 Å². The minimum absolute atomic E-state index is 0.116. The summed E-state index contributed by atoms with van der Waals surface area (Å²) >= 11 is 0. The lowest BCUT2D eigenvalue weighted by atomic mass is 10.0. The summed E-state index contributed by atoms with van der Waals surface area (Å²) in [4.78, 5) is 29.3. The molecular formula is C27H21FN4O3. The lowest BCUT2D eigenvalue weighted by Gasteiger charge is -2.10. The van der Waals surface area contributed by atoms with Crippen LogP contribution in [0.25, 0.3) is 21.9 Å². The Labute approximate surface area is 199 Å². The molecule has 0 saturated heterocycles. The molecule has 0 saturated carbocycles. The van der Waals surface area contributed by atoms with Crippen molar-refractivity contribution in [2.24, 2.45) is 0 Å². The maximum absolute atomic E-state index is 13.1. The molecule has 0 bridgehead atoms. The number of hydrogen-bond donors (Lipinski definition) is 1. The predicted molar refractivity (Wildman–Crippen MR) is 129 cm³/mol. The molecule has 3 aromatic heterocycles. The highest BCUT2D eigenvalue weighted by atomic mass is 19.1. The molecule has 3 heterocycles. The molecule has 5 aromatic rings. The average Bonchev–Trinajstić information content (AvgIpc) is 3.31. The van der Waals surface area contributed by atoms with E-state index in [0.29, 0.717) is 23.1 Å². The van der Waals surface area contributed by atoms with Gasteiger partial charge in [-0.2, -0.15) is 4.39 Å². The second-order valence-corrected chi connectivity index (χ2v) is 8.24. The summed E-state index contributed by atoms with van der Waals surface area (Å²) < 4.78 is 19.6. The van der Waals surface area contributed by atoms with E-state index >= 15 is 0 Å². The Bertz CT molecular complexity index is 1590. The van der Waals surface area contributed by atoms with Gasteiger partial charge in [0.2, 0.25) is 5.95 Å². The van der Waals surface area contributed by atoms with Crippen molar-refractivity contribution in [3.8, 4) is 11.1 Å². The van der Waals surface area contributed by atoms with Crippen LogP contribution in [0.2, 0.25) is 0 Å². The minimum atomic E-state index is -0.567. The van der Waals surface area contributed by atoms with E-state index < -0.39 is 5.95 Å². The number of rotatable bonds is 6. The van der Waals surface area contributed by atoms with E-state index in [1.54, 1.807) is 41.3 Å². The van der Waals surface area contributed by atoms with E-state index in [0.717, 1.165) is 27.8 Å². The number of benzene rings is 2. The fourth-order valence-electron chi connectivity index (χ4n) is 3.95. The topological polar surface area (TPSA) is 90.0 Å². The number of hydrogen-bond acceptors (Lipinski definition) is 5. The van der Waals surface area contributed by atoms with Crippen LogP contribution in [0.1, 0.15) is 27.2 Å². The molecule has 0 aliphatic heterocycles. The Kier molecular flexibility index (Phi) is 5.93. The highest BCUT2D eigenvalue weighted by Crippen LogP contribution is 2.25. The number of fused-ring (bicyclic) bond motifs is 1. The first-order chi connectivity index (χ1) is 17.0. The van der Waals surface area contributed by atoms with E-state index in [-0.39, 0.29) is 18.0 Å². The fourth-order valence-corrected chi connectivity index (χ4v) is 3.95. The third kappa shape index (κ3) is 4.72. The Morgan fingerprint density at radius 2 is 1.97 bits per heavy atom. The summed E-state index contributed by atoms with van der Waals surface area (Å²) in [6.45, 7) is 2.43. The van der Waals surface area contributed by atoms with Crippen LogP contribution < -0.4 is 10.9 Å². The number of nitrogens with zero attached hydrogens (tertiary/aromatic N) is 3. The number of aromatic nitrogens is 3. The van der Waals surface area contributed by atoms with Crippen molar-refractivity contribution in [2.75, 3.05) is 0 Å². The number of nitrogens with one attached hydrogen (secondary N) is 1. The molecule has 0 spiro atoms. The monoisotopic (exact) mass is 468 g/mol. The first-order valence-corrected chi connectivity index (χ1v) is 11.0. The standard InChI is InChI=1S/C27H21FN4O3/c1-17-24(16-35-31-17)20-6-7-23-21(12-20)9-10-32(27(23)34)15-18-3-2-4-22(11-18)26(33)30-14-19-5-8-25(28)29-13-19/h2-13,16H,14-15H2,1H3,(H,30,33). The molecular weight excluding hydrogens is 447 g/mol. The van der Waals surface area contributed by atoms with Gasteiger partial charge >= 0.3 is 0 Å². The van der Waals surface area contributed by atoms with E-state index in [9.17, 15) is 14.0 Å². The quantitative estimate of drug-likeness (QED) is 0.371. The molecule has 1 amide bonds. The average molecular weight is 468 g/mol. The zero-order chi connectivity index (χ0) is 24.4. The Morgan fingerprint density at radius 1 is 1.09 bits per heavy atom. The van der Waals surface area contributed by atoms with E-state index in [1.807, 2.05) is 37.3 Å². The number of carbonyl (C=O) groups is 1. The van der Waals surface area contributed by atoms with Crippen molar-refractivity contribution in [1.82, 2.24) is 20.0 Å². The SMILES string of the molecule is Cc1nocc1-c1ccc2c(=O)n(Cc3cccc(C(=O)NCc4ccc(F)nc4)c3)ccc2c1. The zero-order valence-corrected chi connectivity index (χ0v) is 18.9. The van der Waals surface area contributed by atoms with Gasteiger partial charge in [0.05, 0.1) is 12.2 Å². The van der Waals surface area contributed by atoms with Crippen molar-refractivity contribution in [3.63, 3.8) is 0 Å². The number of aryl methyl sites for hydroxylation is 1. The maximum atomic E-state index is 13.1. The van der Waals surface area contributed by atoms with Crippen LogP contribution >= 0.6 is 0 Å². The molecule has 0 fully saturated rings. The lowest BCUT2D eigenvalue weighted by Crippen LogP contribution is -2.23. The summed E-state index contributed by atoms with van der Waals surface area (Å²) in [5, 5.41) is 8.15. The molecule has 35 heavy (non-hydrogen) atoms. The minimum Gasteiger partial charge on any atom is -0.364 e. The Balaban J connectivity index is 1.34. The maximum Gasteiger partial charge on any atom is 0.258 e. The molecule has 0 atom stereocenters. The normalized spacial score (nSPS) is 11.0. The molecule has 7 nitrogen and oxygen atoms in total. The molecule has 5 rings (SSSR count). The summed E-state index contributed by atoms with van der Waals surface area (Å²) in [5.74, 6) is -0.832. The second-order valence-electron chi connectivity index (χ2n) is 8.24. The van der Waals surface area contributed by atoms with E-state index in [2.05, 4.69) is 15.5 Å². The van der Waals surface area contributed by atoms with Crippen molar-refractivity contribution in [3.05, 3.63) is 118 Å². The summed E-state index contributed by atoms with van der Waals surface area (Å²) in [6.07, 6.45) is 4.73. The Hall–Kier alpha value is -4.59. The molecule has 0 unspecified atom stereocenters. The van der Waals surface area contributed by atoms with Gasteiger partial charge < -0.3 is 14.4 Å². The fraction of sp³-hybridized carbons (Fsp3) is 0.111. The Morgan fingerprint density at radius 3 is 2.74 bits per heavy atom. The third-order valence-corrected chi connectivity index (χ3v) is 5.82. The molecule has 8 heteroatoms. The zero-order valence-electron chi connectivity index (χ0n) is 18.9. The van der Waals surface area contributed by atoms with Crippen LogP contribution in [0.15, 0.2) is 88.6 Å². The van der Waals surface area contributed by atoms with E-state index in [1.165, 1.54) is 12.3 Å². The van der Waals surface area contributed by atoms with Crippen LogP contribution in [0.5, 0.6) is 0 Å². The first kappa shape index (κ1) is 22.2. The van der Waals surface area contributed by atoms with Crippen LogP contribution in [-0.2, 0) is 13.1 Å². The number of amides is 1. The van der Waals surface area contributed by atoms with Gasteiger partial charge in [0, 0.05) is 35.5 Å². The lowest BCUT2D eigenvalue weighted by molar-refractivity contribution is 0.0950. The number of pyridine rings is 2. The van der Waals surface area contributed by atoms with Gasteiger partial charge in [-0.3, -0.25) is 9.59 Å². The van der Waals surface area contributed by atoms with Crippen LogP contribution in [0, 0.1) is 12.9 Å². The molecule has 0 aliphatic carbocycles. The highest BCUT2D eigenvalue weighted by Gasteiger charge is 2.11. The van der Waals surface area contributed by atoms with Crippen LogP contribution in [0.3, 0.4) is 0 Å². The first-order valence-electron chi connectivity index (χ1n) is 11.0. The number of carbonyl (C=O) groups excluding carboxylic acids is 1. The van der Waals surface area contributed by atoms with E-state index in [4.69, 9.17) is 4.52 Å². The summed E-state index contributed by atoms with van der Waals surface area (Å²) in [5.41, 5.74) is 4.48. The summed E-state index contributed by atoms with van der Waals surface area (Å²) in [7, 11) is 0. The van der Waals surface area contributed by atoms with Crippen molar-refractivity contribution < 1.29 is 13.7 Å². The van der Waals surface area contributed by atoms with Crippen LogP contribution in [-0.4, -0.2) is 20.6 Å². The highest BCUT2D eigenvalue weighted by molar-refractivity contribution is 5.94. The van der Waals surface area contributed by atoms with Gasteiger partial charge in [-0.25, -0.2) is 4.98 Å². The molecule has 2 aromatic carbocycles. The number of halogens is 1. The second kappa shape index (κ2) is 9.34. The van der Waals surface area contributed by atoms with Gasteiger partial charge in [-0.05, 0) is 65.4 Å². The molecule has 1 N–H and O–H groups in total. The molecule has 0 aliphatic rings. The molecule has 174 valence electrons. The third-order valence-electron chi connectivity index (χ3n) is 5.82.